The highest BCUT2D eigenvalue weighted by Crippen LogP contribution is 2.25. The van der Waals surface area contributed by atoms with Crippen molar-refractivity contribution in [1.82, 2.24) is 19.7 Å². The van der Waals surface area contributed by atoms with E-state index in [1.807, 2.05) is 37.3 Å². The van der Waals surface area contributed by atoms with Crippen molar-refractivity contribution in [2.75, 3.05) is 30.7 Å². The second kappa shape index (κ2) is 14.1. The minimum Gasteiger partial charge on any atom is -0.481 e. The van der Waals surface area contributed by atoms with E-state index in [0.29, 0.717) is 49.3 Å². The zero-order valence-electron chi connectivity index (χ0n) is 25.5. The first-order chi connectivity index (χ1) is 21.6. The van der Waals surface area contributed by atoms with Crippen LogP contribution in [0.1, 0.15) is 52.2 Å². The molecule has 1 aliphatic heterocycles. The first-order valence-corrected chi connectivity index (χ1v) is 16.8. The van der Waals surface area contributed by atoms with Crippen molar-refractivity contribution in [1.29, 1.82) is 0 Å². The molecule has 2 unspecified atom stereocenters. The Morgan fingerprint density at radius 3 is 2.71 bits per heavy atom. The molecule has 11 nitrogen and oxygen atoms in total. The Hall–Kier alpha value is -4.42. The topological polar surface area (TPSA) is 147 Å². The standard InChI is InChI=1S/C33H38N6O5S/c1-23-17-30(38(2)36-23)32(41)35-28-11-6-9-24(19-28)26-18-27(21-34-20-26)31(40)37-45(44,29-12-4-3-5-13-29)16-8-15-39-14-7-10-25(22-39)33(42)43/h3-6,9,11-12,17-21,25,29H,7-8,10,13-16,22H2,1-2H3,(H,35,41)(H,42,43)/t25?,29?,45-/m0/s1. The van der Waals surface area contributed by atoms with E-state index in [2.05, 4.69) is 24.7 Å². The molecule has 2 N–H and O–H groups in total. The zero-order valence-corrected chi connectivity index (χ0v) is 26.3. The molecule has 45 heavy (non-hydrogen) atoms. The number of nitrogens with zero attached hydrogens (tertiary/aromatic N) is 5. The number of amides is 2. The van der Waals surface area contributed by atoms with Crippen molar-refractivity contribution in [2.45, 2.75) is 37.9 Å². The molecule has 1 aliphatic carbocycles. The van der Waals surface area contributed by atoms with Crippen LogP contribution in [0.3, 0.4) is 0 Å². The molecular weight excluding hydrogens is 592 g/mol. The van der Waals surface area contributed by atoms with Crippen LogP contribution in [0.25, 0.3) is 11.1 Å². The van der Waals surface area contributed by atoms with Crippen molar-refractivity contribution in [3.05, 3.63) is 90.0 Å². The molecule has 0 spiro atoms. The van der Waals surface area contributed by atoms with Crippen molar-refractivity contribution in [2.24, 2.45) is 17.3 Å². The molecule has 1 fully saturated rings. The van der Waals surface area contributed by atoms with Crippen LogP contribution in [-0.2, 0) is 21.6 Å². The smallest absolute Gasteiger partial charge is 0.307 e. The fourth-order valence-corrected chi connectivity index (χ4v) is 7.96. The number of carbonyl (C=O) groups is 3. The minimum atomic E-state index is -2.98. The van der Waals surface area contributed by atoms with Gasteiger partial charge >= 0.3 is 5.97 Å². The van der Waals surface area contributed by atoms with Gasteiger partial charge in [0.25, 0.3) is 11.8 Å². The molecule has 3 heterocycles. The van der Waals surface area contributed by atoms with Crippen LogP contribution in [0, 0.1) is 12.8 Å². The van der Waals surface area contributed by atoms with Crippen LogP contribution in [0.5, 0.6) is 0 Å². The Morgan fingerprint density at radius 1 is 1.13 bits per heavy atom. The molecule has 236 valence electrons. The van der Waals surface area contributed by atoms with E-state index in [1.54, 1.807) is 43.6 Å². The summed E-state index contributed by atoms with van der Waals surface area (Å²) in [4.78, 5) is 44.1. The lowest BCUT2D eigenvalue weighted by atomic mass is 9.98. The van der Waals surface area contributed by atoms with Gasteiger partial charge in [-0.05, 0) is 75.5 Å². The van der Waals surface area contributed by atoms with Gasteiger partial charge in [0.2, 0.25) is 0 Å². The third-order valence-corrected chi connectivity index (χ3v) is 10.7. The summed E-state index contributed by atoms with van der Waals surface area (Å²) in [5, 5.41) is 16.1. The van der Waals surface area contributed by atoms with Gasteiger partial charge in [-0.15, -0.1) is 0 Å². The fourth-order valence-electron chi connectivity index (χ4n) is 5.75. The highest BCUT2D eigenvalue weighted by molar-refractivity contribution is 7.94. The van der Waals surface area contributed by atoms with Gasteiger partial charge in [0.05, 0.1) is 32.2 Å². The SMILES string of the molecule is Cc1cc(C(=O)Nc2cccc(-c3cncc(C(=O)N=[S@](=O)(CCCN4CCCC(C(=O)O)C4)C4C=CC=CC4)c3)c2)n(C)n1. The van der Waals surface area contributed by atoms with Crippen LogP contribution >= 0.6 is 0 Å². The number of nitrogens with one attached hydrogen (secondary N) is 1. The van der Waals surface area contributed by atoms with Gasteiger partial charge in [-0.3, -0.25) is 24.0 Å². The molecule has 5 rings (SSSR count). The third kappa shape index (κ3) is 8.00. The number of rotatable bonds is 10. The lowest BCUT2D eigenvalue weighted by molar-refractivity contribution is -0.143. The first kappa shape index (κ1) is 32.0. The molecule has 3 atom stereocenters. The third-order valence-electron chi connectivity index (χ3n) is 8.09. The average molecular weight is 631 g/mol. The first-order valence-electron chi connectivity index (χ1n) is 15.1. The monoisotopic (exact) mass is 630 g/mol. The molecule has 2 aromatic heterocycles. The van der Waals surface area contributed by atoms with Crippen molar-refractivity contribution >= 4 is 33.2 Å². The van der Waals surface area contributed by atoms with E-state index in [0.717, 1.165) is 24.2 Å². The zero-order chi connectivity index (χ0) is 32.0. The van der Waals surface area contributed by atoms with E-state index in [1.165, 1.54) is 10.9 Å². The number of aromatic nitrogens is 3. The van der Waals surface area contributed by atoms with E-state index in [-0.39, 0.29) is 23.1 Å². The van der Waals surface area contributed by atoms with E-state index >= 15 is 0 Å². The van der Waals surface area contributed by atoms with Crippen LogP contribution in [0.4, 0.5) is 5.69 Å². The number of aliphatic carboxylic acids is 1. The Kier molecular flexibility index (Phi) is 10.0. The summed E-state index contributed by atoms with van der Waals surface area (Å²) < 4.78 is 20.2. The molecule has 1 saturated heterocycles. The molecule has 1 aromatic carbocycles. The maximum atomic E-state index is 14.3. The number of hydrogen-bond acceptors (Lipinski definition) is 7. The number of allylic oxidation sites excluding steroid dienone is 3. The second-order valence-corrected chi connectivity index (χ2v) is 14.1. The molecule has 0 radical (unpaired) electrons. The highest BCUT2D eigenvalue weighted by Gasteiger charge is 2.27. The van der Waals surface area contributed by atoms with E-state index < -0.39 is 26.9 Å². The number of carboxylic acid groups (broad SMARTS) is 1. The van der Waals surface area contributed by atoms with Gasteiger partial charge in [-0.2, -0.15) is 9.46 Å². The predicted octanol–water partition coefficient (Wildman–Crippen LogP) is 4.72. The van der Waals surface area contributed by atoms with Gasteiger partial charge in [0.15, 0.2) is 0 Å². The van der Waals surface area contributed by atoms with Crippen molar-refractivity contribution in [3.63, 3.8) is 0 Å². The number of carbonyl (C=O) groups excluding carboxylic acids is 2. The van der Waals surface area contributed by atoms with Gasteiger partial charge in [-0.25, -0.2) is 4.21 Å². The summed E-state index contributed by atoms with van der Waals surface area (Å²) in [5.41, 5.74) is 3.34. The Bertz CT molecular complexity index is 1770. The van der Waals surface area contributed by atoms with Crippen LogP contribution in [0.2, 0.25) is 0 Å². The number of anilines is 1. The van der Waals surface area contributed by atoms with Crippen molar-refractivity contribution < 1.29 is 23.7 Å². The fraction of sp³-hybridized carbons (Fsp3) is 0.364. The molecule has 2 amide bonds. The lowest BCUT2D eigenvalue weighted by Crippen LogP contribution is -2.39. The Balaban J connectivity index is 1.33. The van der Waals surface area contributed by atoms with Gasteiger partial charge in [0.1, 0.15) is 5.69 Å². The average Bonchev–Trinajstić information content (AvgIpc) is 3.39. The molecule has 0 saturated carbocycles. The van der Waals surface area contributed by atoms with Gasteiger partial charge in [0, 0.05) is 43.0 Å². The summed E-state index contributed by atoms with van der Waals surface area (Å²) in [5.74, 6) is -1.84. The summed E-state index contributed by atoms with van der Waals surface area (Å²) in [6.45, 7) is 3.70. The number of likely N-dealkylation sites (tertiary alicyclic amines) is 1. The highest BCUT2D eigenvalue weighted by atomic mass is 32.2. The van der Waals surface area contributed by atoms with Crippen molar-refractivity contribution in [3.8, 4) is 11.1 Å². The summed E-state index contributed by atoms with van der Waals surface area (Å²) in [7, 11) is -1.27. The largest absolute Gasteiger partial charge is 0.481 e. The minimum absolute atomic E-state index is 0.218. The Morgan fingerprint density at radius 2 is 1.98 bits per heavy atom. The number of aryl methyl sites for hydroxylation is 2. The second-order valence-electron chi connectivity index (χ2n) is 11.5. The molecule has 3 aromatic rings. The number of benzene rings is 1. The summed E-state index contributed by atoms with van der Waals surface area (Å²) in [6, 6.07) is 10.6. The lowest BCUT2D eigenvalue weighted by Gasteiger charge is -2.30. The quantitative estimate of drug-likeness (QED) is 0.327. The number of piperidine rings is 1. The maximum absolute atomic E-state index is 14.3. The predicted molar refractivity (Wildman–Crippen MR) is 173 cm³/mol. The number of pyridine rings is 1. The number of carboxylic acids is 1. The molecule has 12 heteroatoms. The summed E-state index contributed by atoms with van der Waals surface area (Å²) >= 11 is 0. The normalized spacial score (nSPS) is 19.5. The van der Waals surface area contributed by atoms with E-state index in [4.69, 9.17) is 0 Å². The van der Waals surface area contributed by atoms with Crippen LogP contribution < -0.4 is 5.32 Å². The van der Waals surface area contributed by atoms with E-state index in [9.17, 15) is 23.7 Å². The van der Waals surface area contributed by atoms with Gasteiger partial charge < -0.3 is 15.3 Å². The summed E-state index contributed by atoms with van der Waals surface area (Å²) in [6.07, 6.45) is 13.1. The Labute approximate surface area is 263 Å². The molecule has 2 aliphatic rings. The number of hydrogen-bond donors (Lipinski definition) is 2. The molecular formula is C33H38N6O5S. The van der Waals surface area contributed by atoms with Crippen LogP contribution in [0.15, 0.2) is 77.5 Å². The molecule has 0 bridgehead atoms. The maximum Gasteiger partial charge on any atom is 0.307 e. The van der Waals surface area contributed by atoms with Gasteiger partial charge in [-0.1, -0.05) is 36.4 Å². The van der Waals surface area contributed by atoms with Crippen LogP contribution in [-0.4, -0.2) is 77.4 Å².